The van der Waals surface area contributed by atoms with Crippen LogP contribution >= 0.6 is 0 Å². The lowest BCUT2D eigenvalue weighted by atomic mass is 9.93. The summed E-state index contributed by atoms with van der Waals surface area (Å²) in [7, 11) is 0. The summed E-state index contributed by atoms with van der Waals surface area (Å²) in [5, 5.41) is 0. The second-order valence-electron chi connectivity index (χ2n) is 5.52. The third-order valence-corrected chi connectivity index (χ3v) is 3.93. The smallest absolute Gasteiger partial charge is 0.217 e. The normalized spacial score (nSPS) is 17.3. The van der Waals surface area contributed by atoms with E-state index in [2.05, 4.69) is 4.90 Å². The van der Waals surface area contributed by atoms with Crippen LogP contribution in [0.4, 0.5) is 4.39 Å². The summed E-state index contributed by atoms with van der Waals surface area (Å²) in [6.45, 7) is 2.93. The van der Waals surface area contributed by atoms with Gasteiger partial charge < -0.3 is 11.5 Å². The molecule has 20 heavy (non-hydrogen) atoms. The monoisotopic (exact) mass is 279 g/mol. The molecule has 110 valence electrons. The fourth-order valence-electron chi connectivity index (χ4n) is 2.77. The first-order valence-electron chi connectivity index (χ1n) is 7.06. The highest BCUT2D eigenvalue weighted by Gasteiger charge is 2.20. The molecule has 5 heteroatoms. The predicted octanol–water partition coefficient (Wildman–Crippen LogP) is 1.37. The Labute approximate surface area is 118 Å². The first-order valence-corrected chi connectivity index (χ1v) is 7.06. The van der Waals surface area contributed by atoms with Gasteiger partial charge in [-0.2, -0.15) is 0 Å². The molecule has 1 saturated heterocycles. The van der Waals surface area contributed by atoms with Crippen molar-refractivity contribution in [3.8, 4) is 0 Å². The molecule has 0 bridgehead atoms. The molecule has 1 aliphatic heterocycles. The molecule has 0 unspecified atom stereocenters. The van der Waals surface area contributed by atoms with Crippen molar-refractivity contribution in [1.29, 1.82) is 0 Å². The van der Waals surface area contributed by atoms with Crippen LogP contribution in [0.5, 0.6) is 0 Å². The maximum atomic E-state index is 13.4. The molecule has 4 N–H and O–H groups in total. The molecule has 4 nitrogen and oxygen atoms in total. The number of hydrogen-bond donors (Lipinski definition) is 2. The number of carbonyl (C=O) groups excluding carboxylic acids is 1. The Morgan fingerprint density at radius 2 is 2.05 bits per heavy atom. The van der Waals surface area contributed by atoms with Crippen LogP contribution in [0.1, 0.15) is 30.4 Å². The number of nitrogens with two attached hydrogens (primary N) is 2. The fourth-order valence-corrected chi connectivity index (χ4v) is 2.77. The number of likely N-dealkylation sites (tertiary alicyclic amines) is 1. The molecule has 1 aromatic rings. The second-order valence-corrected chi connectivity index (χ2v) is 5.52. The van der Waals surface area contributed by atoms with Crippen LogP contribution in [0.3, 0.4) is 0 Å². The molecule has 0 atom stereocenters. The molecule has 1 heterocycles. The van der Waals surface area contributed by atoms with E-state index in [1.54, 1.807) is 0 Å². The minimum Gasteiger partial charge on any atom is -0.370 e. The summed E-state index contributed by atoms with van der Waals surface area (Å²) in [6.07, 6.45) is 2.48. The number of primary amides is 1. The SMILES string of the molecule is NCc1cc(CN2CCC(CC(N)=O)CC2)ccc1F. The standard InChI is InChI=1S/C15H22FN3O/c16-14-2-1-12(7-13(14)9-17)10-19-5-3-11(4-6-19)8-15(18)20/h1-2,7,11H,3-6,8-10,17H2,(H2,18,20). The number of piperidine rings is 1. The van der Waals surface area contributed by atoms with Crippen LogP contribution in [0.2, 0.25) is 0 Å². The lowest BCUT2D eigenvalue weighted by molar-refractivity contribution is -0.119. The lowest BCUT2D eigenvalue weighted by Gasteiger charge is -2.31. The van der Waals surface area contributed by atoms with Crippen LogP contribution in [0, 0.1) is 11.7 Å². The third kappa shape index (κ3) is 4.02. The van der Waals surface area contributed by atoms with Gasteiger partial charge >= 0.3 is 0 Å². The zero-order valence-corrected chi connectivity index (χ0v) is 11.6. The maximum Gasteiger partial charge on any atom is 0.217 e. The largest absolute Gasteiger partial charge is 0.370 e. The van der Waals surface area contributed by atoms with E-state index in [1.165, 1.54) is 6.07 Å². The van der Waals surface area contributed by atoms with Gasteiger partial charge in [0.15, 0.2) is 0 Å². The van der Waals surface area contributed by atoms with Crippen molar-refractivity contribution < 1.29 is 9.18 Å². The lowest BCUT2D eigenvalue weighted by Crippen LogP contribution is -2.34. The zero-order chi connectivity index (χ0) is 14.5. The third-order valence-electron chi connectivity index (χ3n) is 3.93. The summed E-state index contributed by atoms with van der Waals surface area (Å²) in [6, 6.07) is 5.13. The van der Waals surface area contributed by atoms with Crippen LogP contribution in [-0.4, -0.2) is 23.9 Å². The van der Waals surface area contributed by atoms with Gasteiger partial charge in [-0.05, 0) is 43.5 Å². The summed E-state index contributed by atoms with van der Waals surface area (Å²) in [4.78, 5) is 13.2. The number of nitrogens with zero attached hydrogens (tertiary/aromatic N) is 1. The minimum absolute atomic E-state index is 0.213. The number of hydrogen-bond acceptors (Lipinski definition) is 3. The Morgan fingerprint density at radius 3 is 2.65 bits per heavy atom. The maximum absolute atomic E-state index is 13.4. The highest BCUT2D eigenvalue weighted by atomic mass is 19.1. The van der Waals surface area contributed by atoms with E-state index in [4.69, 9.17) is 11.5 Å². The van der Waals surface area contributed by atoms with Crippen LogP contribution in [0.25, 0.3) is 0 Å². The second kappa shape index (κ2) is 6.81. The van der Waals surface area contributed by atoms with E-state index in [0.29, 0.717) is 17.9 Å². The van der Waals surface area contributed by atoms with Gasteiger partial charge in [0.2, 0.25) is 5.91 Å². The van der Waals surface area contributed by atoms with Gasteiger partial charge in [-0.3, -0.25) is 9.69 Å². The van der Waals surface area contributed by atoms with Crippen LogP contribution in [0.15, 0.2) is 18.2 Å². The molecule has 0 radical (unpaired) electrons. The Hall–Kier alpha value is -1.46. The molecule has 1 amide bonds. The van der Waals surface area contributed by atoms with E-state index < -0.39 is 0 Å². The van der Waals surface area contributed by atoms with E-state index in [0.717, 1.165) is 38.0 Å². The van der Waals surface area contributed by atoms with Gasteiger partial charge in [-0.15, -0.1) is 0 Å². The average molecular weight is 279 g/mol. The highest BCUT2D eigenvalue weighted by Crippen LogP contribution is 2.22. The summed E-state index contributed by atoms with van der Waals surface area (Å²) in [5.41, 5.74) is 12.4. The van der Waals surface area contributed by atoms with Crippen molar-refractivity contribution >= 4 is 5.91 Å². The Bertz CT molecular complexity index is 470. The van der Waals surface area contributed by atoms with Crippen molar-refractivity contribution in [2.45, 2.75) is 32.4 Å². The molecule has 0 aromatic heterocycles. The minimum atomic E-state index is -0.239. The number of rotatable bonds is 5. The van der Waals surface area contributed by atoms with Gasteiger partial charge in [-0.1, -0.05) is 12.1 Å². The van der Waals surface area contributed by atoms with Gasteiger partial charge in [-0.25, -0.2) is 4.39 Å². The topological polar surface area (TPSA) is 72.3 Å². The van der Waals surface area contributed by atoms with Crippen LogP contribution in [-0.2, 0) is 17.9 Å². The fraction of sp³-hybridized carbons (Fsp3) is 0.533. The van der Waals surface area contributed by atoms with E-state index >= 15 is 0 Å². The number of carbonyl (C=O) groups is 1. The van der Waals surface area contributed by atoms with Crippen LogP contribution < -0.4 is 11.5 Å². The van der Waals surface area contributed by atoms with E-state index in [1.807, 2.05) is 12.1 Å². The predicted molar refractivity (Wildman–Crippen MR) is 76.1 cm³/mol. The Balaban J connectivity index is 1.88. The number of amides is 1. The number of halogens is 1. The zero-order valence-electron chi connectivity index (χ0n) is 11.6. The van der Waals surface area contributed by atoms with Gasteiger partial charge in [0.25, 0.3) is 0 Å². The molecule has 2 rings (SSSR count). The molecule has 1 fully saturated rings. The van der Waals surface area contributed by atoms with E-state index in [-0.39, 0.29) is 18.3 Å². The Morgan fingerprint density at radius 1 is 1.35 bits per heavy atom. The van der Waals surface area contributed by atoms with Crippen molar-refractivity contribution in [2.24, 2.45) is 17.4 Å². The average Bonchev–Trinajstić information content (AvgIpc) is 2.42. The quantitative estimate of drug-likeness (QED) is 0.855. The molecule has 0 saturated carbocycles. The summed E-state index contributed by atoms with van der Waals surface area (Å²) >= 11 is 0. The van der Waals surface area contributed by atoms with E-state index in [9.17, 15) is 9.18 Å². The highest BCUT2D eigenvalue weighted by molar-refractivity contribution is 5.73. The molecule has 1 aromatic carbocycles. The Kier molecular flexibility index (Phi) is 5.09. The van der Waals surface area contributed by atoms with Gasteiger partial charge in [0, 0.05) is 25.1 Å². The van der Waals surface area contributed by atoms with Gasteiger partial charge in [0.05, 0.1) is 0 Å². The van der Waals surface area contributed by atoms with Crippen molar-refractivity contribution in [3.05, 3.63) is 35.1 Å². The van der Waals surface area contributed by atoms with Crippen molar-refractivity contribution in [2.75, 3.05) is 13.1 Å². The molecule has 0 spiro atoms. The molecular weight excluding hydrogens is 257 g/mol. The molecule has 1 aliphatic rings. The molecular formula is C15H22FN3O. The summed E-state index contributed by atoms with van der Waals surface area (Å²) < 4.78 is 13.4. The van der Waals surface area contributed by atoms with Crippen molar-refractivity contribution in [1.82, 2.24) is 4.90 Å². The van der Waals surface area contributed by atoms with Gasteiger partial charge in [0.1, 0.15) is 5.82 Å². The number of benzene rings is 1. The molecule has 0 aliphatic carbocycles. The first-order chi connectivity index (χ1) is 9.58. The first kappa shape index (κ1) is 14.9. The van der Waals surface area contributed by atoms with Crippen molar-refractivity contribution in [3.63, 3.8) is 0 Å². The summed E-state index contributed by atoms with van der Waals surface area (Å²) in [5.74, 6) is -0.0393.